The average Bonchev–Trinajstić information content (AvgIpc) is 2.61. The average molecular weight is 331 g/mol. The first-order chi connectivity index (χ1) is 11.6. The number of likely N-dealkylation sites (N-methyl/N-ethyl adjacent to an activating group) is 1. The van der Waals surface area contributed by atoms with Gasteiger partial charge < -0.3 is 14.5 Å². The number of carbonyl (C=O) groups excluding carboxylic acids is 1. The third-order valence-corrected chi connectivity index (χ3v) is 5.22. The minimum absolute atomic E-state index is 0.105. The minimum atomic E-state index is 0.105. The Hall–Kier alpha value is -1.59. The summed E-state index contributed by atoms with van der Waals surface area (Å²) in [5.74, 6) is 0.879. The molecule has 24 heavy (non-hydrogen) atoms. The number of hydrogen-bond acceptors (Lipinski definition) is 4. The van der Waals surface area contributed by atoms with E-state index in [9.17, 15) is 4.79 Å². The quantitative estimate of drug-likeness (QED) is 0.840. The number of nitrogens with zero attached hydrogens (tertiary/aromatic N) is 3. The Morgan fingerprint density at radius 3 is 2.50 bits per heavy atom. The number of carbonyl (C=O) groups is 1. The number of hydrogen-bond donors (Lipinski definition) is 0. The highest BCUT2D eigenvalue weighted by molar-refractivity contribution is 5.77. The van der Waals surface area contributed by atoms with Crippen LogP contribution in [-0.4, -0.2) is 79.6 Å². The smallest absolute Gasteiger partial charge is 0.260 e. The molecule has 1 aromatic carbocycles. The van der Waals surface area contributed by atoms with Crippen LogP contribution in [0, 0.1) is 6.92 Å². The van der Waals surface area contributed by atoms with Gasteiger partial charge in [-0.3, -0.25) is 9.69 Å². The van der Waals surface area contributed by atoms with Crippen LogP contribution in [0.5, 0.6) is 5.75 Å². The highest BCUT2D eigenvalue weighted by atomic mass is 16.5. The molecule has 0 aromatic heterocycles. The molecule has 0 N–H and O–H groups in total. The minimum Gasteiger partial charge on any atom is -0.484 e. The molecule has 0 radical (unpaired) electrons. The number of likely N-dealkylation sites (tertiary alicyclic amines) is 1. The van der Waals surface area contributed by atoms with Crippen molar-refractivity contribution in [3.05, 3.63) is 29.8 Å². The first kappa shape index (κ1) is 17.2. The zero-order valence-electron chi connectivity index (χ0n) is 14.9. The van der Waals surface area contributed by atoms with Gasteiger partial charge in [-0.15, -0.1) is 0 Å². The molecule has 1 amide bonds. The Kier molecular flexibility index (Phi) is 5.74. The van der Waals surface area contributed by atoms with Gasteiger partial charge in [-0.25, -0.2) is 0 Å². The molecule has 3 rings (SSSR count). The van der Waals surface area contributed by atoms with Crippen LogP contribution in [0.4, 0.5) is 0 Å². The number of rotatable bonds is 4. The Labute approximate surface area is 145 Å². The summed E-state index contributed by atoms with van der Waals surface area (Å²) in [4.78, 5) is 19.3. The van der Waals surface area contributed by atoms with Gasteiger partial charge in [-0.05, 0) is 44.5 Å². The van der Waals surface area contributed by atoms with Crippen LogP contribution >= 0.6 is 0 Å². The van der Waals surface area contributed by atoms with Crippen molar-refractivity contribution < 1.29 is 9.53 Å². The summed E-state index contributed by atoms with van der Waals surface area (Å²) in [6.45, 7) is 8.50. The SMILES string of the molecule is Cc1cccc(OCC(=O)N2CCC(N3CCN(C)CC3)CC2)c1. The summed E-state index contributed by atoms with van der Waals surface area (Å²) >= 11 is 0. The summed E-state index contributed by atoms with van der Waals surface area (Å²) in [5, 5.41) is 0. The van der Waals surface area contributed by atoms with Crippen LogP contribution in [0.1, 0.15) is 18.4 Å². The normalized spacial score (nSPS) is 21.0. The molecule has 2 aliphatic heterocycles. The lowest BCUT2D eigenvalue weighted by molar-refractivity contribution is -0.135. The maximum absolute atomic E-state index is 12.4. The maximum atomic E-state index is 12.4. The maximum Gasteiger partial charge on any atom is 0.260 e. The predicted octanol–water partition coefficient (Wildman–Crippen LogP) is 1.61. The van der Waals surface area contributed by atoms with Crippen LogP contribution in [-0.2, 0) is 4.79 Å². The molecule has 0 bridgehead atoms. The molecule has 0 spiro atoms. The van der Waals surface area contributed by atoms with Gasteiger partial charge in [-0.1, -0.05) is 12.1 Å². The number of piperidine rings is 1. The third kappa shape index (κ3) is 4.48. The topological polar surface area (TPSA) is 36.0 Å². The first-order valence-electron chi connectivity index (χ1n) is 9.01. The molecular weight excluding hydrogens is 302 g/mol. The first-order valence-corrected chi connectivity index (χ1v) is 9.01. The van der Waals surface area contributed by atoms with E-state index in [-0.39, 0.29) is 12.5 Å². The van der Waals surface area contributed by atoms with Crippen molar-refractivity contribution in [1.29, 1.82) is 0 Å². The fourth-order valence-electron chi connectivity index (χ4n) is 3.61. The van der Waals surface area contributed by atoms with E-state index in [1.807, 2.05) is 36.1 Å². The van der Waals surface area contributed by atoms with Crippen molar-refractivity contribution in [3.8, 4) is 5.75 Å². The van der Waals surface area contributed by atoms with E-state index in [0.717, 1.165) is 63.4 Å². The molecule has 0 unspecified atom stereocenters. The van der Waals surface area contributed by atoms with Crippen LogP contribution < -0.4 is 4.74 Å². The standard InChI is InChI=1S/C19H29N3O2/c1-16-4-3-5-18(14-16)24-15-19(23)22-8-6-17(7-9-22)21-12-10-20(2)11-13-21/h3-5,14,17H,6-13,15H2,1-2H3. The van der Waals surface area contributed by atoms with Crippen molar-refractivity contribution in [2.24, 2.45) is 0 Å². The molecular formula is C19H29N3O2. The number of amides is 1. The number of piperazine rings is 1. The molecule has 5 nitrogen and oxygen atoms in total. The Morgan fingerprint density at radius 1 is 1.12 bits per heavy atom. The molecule has 5 heteroatoms. The van der Waals surface area contributed by atoms with E-state index in [1.54, 1.807) is 0 Å². The highest BCUT2D eigenvalue weighted by Crippen LogP contribution is 2.19. The van der Waals surface area contributed by atoms with E-state index >= 15 is 0 Å². The van der Waals surface area contributed by atoms with Crippen molar-refractivity contribution in [2.45, 2.75) is 25.8 Å². The van der Waals surface area contributed by atoms with Gasteiger partial charge in [0.15, 0.2) is 6.61 Å². The summed E-state index contributed by atoms with van der Waals surface area (Å²) in [5.41, 5.74) is 1.15. The van der Waals surface area contributed by atoms with E-state index < -0.39 is 0 Å². The van der Waals surface area contributed by atoms with E-state index in [1.165, 1.54) is 0 Å². The fraction of sp³-hybridized carbons (Fsp3) is 0.632. The van der Waals surface area contributed by atoms with Crippen LogP contribution in [0.3, 0.4) is 0 Å². The lowest BCUT2D eigenvalue weighted by Crippen LogP contribution is -2.53. The Bertz CT molecular complexity index is 547. The second kappa shape index (κ2) is 7.99. The number of aryl methyl sites for hydroxylation is 1. The van der Waals surface area contributed by atoms with Crippen LogP contribution in [0.2, 0.25) is 0 Å². The molecule has 0 atom stereocenters. The van der Waals surface area contributed by atoms with Gasteiger partial charge in [0.05, 0.1) is 0 Å². The van der Waals surface area contributed by atoms with Crippen molar-refractivity contribution in [1.82, 2.24) is 14.7 Å². The van der Waals surface area contributed by atoms with Crippen molar-refractivity contribution in [2.75, 3.05) is 52.9 Å². The van der Waals surface area contributed by atoms with Gasteiger partial charge >= 0.3 is 0 Å². The monoisotopic (exact) mass is 331 g/mol. The summed E-state index contributed by atoms with van der Waals surface area (Å²) in [6, 6.07) is 8.49. The second-order valence-electron chi connectivity index (χ2n) is 7.06. The summed E-state index contributed by atoms with van der Waals surface area (Å²) in [7, 11) is 2.19. The molecule has 2 fully saturated rings. The lowest BCUT2D eigenvalue weighted by Gasteiger charge is -2.42. The number of benzene rings is 1. The summed E-state index contributed by atoms with van der Waals surface area (Å²) < 4.78 is 5.65. The largest absolute Gasteiger partial charge is 0.484 e. The van der Waals surface area contributed by atoms with Gasteiger partial charge in [-0.2, -0.15) is 0 Å². The molecule has 132 valence electrons. The molecule has 1 aromatic rings. The number of ether oxygens (including phenoxy) is 1. The Morgan fingerprint density at radius 2 is 1.83 bits per heavy atom. The van der Waals surface area contributed by atoms with E-state index in [4.69, 9.17) is 4.74 Å². The lowest BCUT2D eigenvalue weighted by atomic mass is 10.0. The van der Waals surface area contributed by atoms with E-state index in [2.05, 4.69) is 16.8 Å². The second-order valence-corrected chi connectivity index (χ2v) is 7.06. The fourth-order valence-corrected chi connectivity index (χ4v) is 3.61. The molecule has 0 saturated carbocycles. The van der Waals surface area contributed by atoms with Gasteiger partial charge in [0.25, 0.3) is 5.91 Å². The molecule has 0 aliphatic carbocycles. The van der Waals surface area contributed by atoms with E-state index in [0.29, 0.717) is 6.04 Å². The van der Waals surface area contributed by atoms with Crippen molar-refractivity contribution in [3.63, 3.8) is 0 Å². The Balaban J connectivity index is 1.42. The van der Waals surface area contributed by atoms with Crippen LogP contribution in [0.15, 0.2) is 24.3 Å². The van der Waals surface area contributed by atoms with Gasteiger partial charge in [0.1, 0.15) is 5.75 Å². The van der Waals surface area contributed by atoms with Gasteiger partial charge in [0, 0.05) is 45.3 Å². The van der Waals surface area contributed by atoms with Crippen molar-refractivity contribution >= 4 is 5.91 Å². The molecule has 2 aliphatic rings. The summed E-state index contributed by atoms with van der Waals surface area (Å²) in [6.07, 6.45) is 2.17. The predicted molar refractivity (Wildman–Crippen MR) is 95.3 cm³/mol. The van der Waals surface area contributed by atoms with Gasteiger partial charge in [0.2, 0.25) is 0 Å². The van der Waals surface area contributed by atoms with Crippen LogP contribution in [0.25, 0.3) is 0 Å². The molecule has 2 saturated heterocycles. The highest BCUT2D eigenvalue weighted by Gasteiger charge is 2.28. The zero-order valence-corrected chi connectivity index (χ0v) is 14.9. The molecule has 2 heterocycles. The zero-order chi connectivity index (χ0) is 16.9. The third-order valence-electron chi connectivity index (χ3n) is 5.22.